The van der Waals surface area contributed by atoms with Gasteiger partial charge in [-0.3, -0.25) is 4.79 Å². The van der Waals surface area contributed by atoms with Gasteiger partial charge in [-0.05, 0) is 0 Å². The van der Waals surface area contributed by atoms with Crippen molar-refractivity contribution >= 4 is 28.5 Å². The van der Waals surface area contributed by atoms with Crippen LogP contribution in [-0.2, 0) is 4.79 Å². The molecule has 4 heteroatoms. The number of carbonyl (C=O) groups excluding carboxylic acids is 1. The molecule has 0 unspecified atom stereocenters. The van der Waals surface area contributed by atoms with Gasteiger partial charge in [0.1, 0.15) is 0 Å². The van der Waals surface area contributed by atoms with E-state index in [2.05, 4.69) is 5.32 Å². The fourth-order valence-electron chi connectivity index (χ4n) is 0.249. The molecule has 0 saturated heterocycles. The zero-order chi connectivity index (χ0) is 6.41. The van der Waals surface area contributed by atoms with Gasteiger partial charge >= 0.3 is 0 Å². The fourth-order valence-corrected chi connectivity index (χ4v) is 0.519. The second-order valence-corrected chi connectivity index (χ2v) is 2.00. The molecular formula is C4H9INO2+. The molecule has 0 aromatic rings. The molecule has 0 heterocycles. The molecule has 0 aliphatic heterocycles. The van der Waals surface area contributed by atoms with E-state index in [-0.39, 0.29) is 12.5 Å². The molecule has 0 aliphatic carbocycles. The minimum atomic E-state index is 0.0119. The molecule has 0 bridgehead atoms. The second kappa shape index (κ2) is 5.30. The molecule has 0 aliphatic rings. The number of hydrogen-bond acceptors (Lipinski definition) is 1. The average molecular weight is 230 g/mol. The van der Waals surface area contributed by atoms with Crippen LogP contribution in [0, 0.1) is 0 Å². The third-order valence-corrected chi connectivity index (χ3v) is 1.26. The van der Waals surface area contributed by atoms with E-state index < -0.39 is 0 Å². The molecule has 0 aromatic heterocycles. The maximum Gasteiger partial charge on any atom is 0.230 e. The maximum atomic E-state index is 10.4. The molecule has 3 nitrogen and oxygen atoms in total. The number of nitrogens with one attached hydrogen (secondary N) is 1. The number of carbonyl (C=O) groups is 1. The lowest BCUT2D eigenvalue weighted by Gasteiger charge is -1.94. The number of rotatable bonds is 3. The quantitative estimate of drug-likeness (QED) is 0.387. The van der Waals surface area contributed by atoms with Crippen molar-refractivity contribution in [1.82, 2.24) is 5.32 Å². The Morgan fingerprint density at radius 3 is 2.75 bits per heavy atom. The highest BCUT2D eigenvalue weighted by molar-refractivity contribution is 14.1. The topological polar surface area (TPSA) is 52.0 Å². The summed E-state index contributed by atoms with van der Waals surface area (Å²) in [6.07, 6.45) is 0. The third kappa shape index (κ3) is 4.32. The molecule has 8 heavy (non-hydrogen) atoms. The Balaban J connectivity index is 2.99. The van der Waals surface area contributed by atoms with Gasteiger partial charge in [0.25, 0.3) is 0 Å². The second-order valence-electron chi connectivity index (χ2n) is 1.23. The van der Waals surface area contributed by atoms with Crippen LogP contribution >= 0.6 is 22.6 Å². The summed E-state index contributed by atoms with van der Waals surface area (Å²) in [6.45, 7) is 0.740. The number of amides is 1. The fraction of sp³-hybridized carbons (Fsp3) is 0.750. The lowest BCUT2D eigenvalue weighted by Crippen LogP contribution is -2.26. The highest BCUT2D eigenvalue weighted by atomic mass is 127. The van der Waals surface area contributed by atoms with E-state index in [0.29, 0.717) is 11.0 Å². The summed E-state index contributed by atoms with van der Waals surface area (Å²) in [5.74, 6) is 0.0119. The van der Waals surface area contributed by atoms with Crippen molar-refractivity contribution in [3.8, 4) is 0 Å². The summed E-state index contributed by atoms with van der Waals surface area (Å²) >= 11 is 1.98. The molecule has 1 amide bonds. The van der Waals surface area contributed by atoms with Crippen molar-refractivity contribution in [2.75, 3.05) is 17.6 Å². The highest BCUT2D eigenvalue weighted by Gasteiger charge is 1.93. The van der Waals surface area contributed by atoms with Gasteiger partial charge in [-0.1, -0.05) is 22.6 Å². The van der Waals surface area contributed by atoms with Crippen LogP contribution in [0.3, 0.4) is 0 Å². The summed E-state index contributed by atoms with van der Waals surface area (Å²) in [6, 6.07) is 0. The first-order valence-corrected chi connectivity index (χ1v) is 3.81. The molecular weight excluding hydrogens is 221 g/mol. The van der Waals surface area contributed by atoms with E-state index in [9.17, 15) is 4.79 Å². The first kappa shape index (κ1) is 8.16. The molecule has 3 N–H and O–H groups in total. The van der Waals surface area contributed by atoms with Crippen LogP contribution in [0.1, 0.15) is 0 Å². The molecule has 0 spiro atoms. The molecule has 0 aromatic carbocycles. The monoisotopic (exact) mass is 230 g/mol. The summed E-state index contributed by atoms with van der Waals surface area (Å²) < 4.78 is 0.484. The standard InChI is InChI=1S/C4H8INO2/c5-3-4(8)6-1-2-7/h7H,1-3H2,(H,6,8)/p+1. The van der Waals surface area contributed by atoms with Gasteiger partial charge in [0.15, 0.2) is 6.61 Å². The Morgan fingerprint density at radius 2 is 2.38 bits per heavy atom. The molecule has 0 fully saturated rings. The summed E-state index contributed by atoms with van der Waals surface area (Å²) in [5, 5.41) is 9.20. The third-order valence-electron chi connectivity index (χ3n) is 0.569. The largest absolute Gasteiger partial charge is 0.444 e. The van der Waals surface area contributed by atoms with Crippen molar-refractivity contribution in [2.24, 2.45) is 0 Å². The zero-order valence-electron chi connectivity index (χ0n) is 4.41. The predicted molar refractivity (Wildman–Crippen MR) is 40.4 cm³/mol. The van der Waals surface area contributed by atoms with E-state index in [1.165, 1.54) is 0 Å². The highest BCUT2D eigenvalue weighted by Crippen LogP contribution is 1.77. The SMILES string of the molecule is O=C(CI)NCC[OH2+]. The van der Waals surface area contributed by atoms with Crippen LogP contribution in [0.4, 0.5) is 0 Å². The molecule has 0 saturated carbocycles. The lowest BCUT2D eigenvalue weighted by molar-refractivity contribution is -0.118. The van der Waals surface area contributed by atoms with Crippen LogP contribution in [0.2, 0.25) is 0 Å². The molecule has 0 rings (SSSR count). The zero-order valence-corrected chi connectivity index (χ0v) is 6.57. The Kier molecular flexibility index (Phi) is 5.41. The van der Waals surface area contributed by atoms with Crippen molar-refractivity contribution in [1.29, 1.82) is 0 Å². The van der Waals surface area contributed by atoms with Gasteiger partial charge in [0.05, 0.1) is 11.0 Å². The molecule has 48 valence electrons. The Morgan fingerprint density at radius 1 is 1.75 bits per heavy atom. The van der Waals surface area contributed by atoms with Gasteiger partial charge < -0.3 is 10.4 Å². The maximum absolute atomic E-state index is 10.4. The number of halogens is 1. The normalized spacial score (nSPS) is 8.75. The first-order chi connectivity index (χ1) is 3.81. The van der Waals surface area contributed by atoms with Crippen molar-refractivity contribution < 1.29 is 9.90 Å². The number of hydrogen-bond donors (Lipinski definition) is 1. The summed E-state index contributed by atoms with van der Waals surface area (Å²) in [4.78, 5) is 10.4. The van der Waals surface area contributed by atoms with Crippen LogP contribution < -0.4 is 5.32 Å². The van der Waals surface area contributed by atoms with Crippen LogP contribution in [-0.4, -0.2) is 28.6 Å². The molecule has 0 radical (unpaired) electrons. The van der Waals surface area contributed by atoms with E-state index in [4.69, 9.17) is 5.11 Å². The van der Waals surface area contributed by atoms with Gasteiger partial charge in [-0.25, -0.2) is 0 Å². The van der Waals surface area contributed by atoms with E-state index >= 15 is 0 Å². The van der Waals surface area contributed by atoms with E-state index in [1.54, 1.807) is 0 Å². The average Bonchev–Trinajstić information content (AvgIpc) is 1.83. The summed E-state index contributed by atoms with van der Waals surface area (Å²) in [7, 11) is 0. The minimum Gasteiger partial charge on any atom is -0.444 e. The van der Waals surface area contributed by atoms with Crippen molar-refractivity contribution in [3.05, 3.63) is 0 Å². The lowest BCUT2D eigenvalue weighted by atomic mass is 10.6. The first-order valence-electron chi connectivity index (χ1n) is 2.28. The van der Waals surface area contributed by atoms with Gasteiger partial charge in [0, 0.05) is 0 Å². The Labute approximate surface area is 61.6 Å². The Hall–Kier alpha value is 0.160. The van der Waals surface area contributed by atoms with Gasteiger partial charge in [-0.2, -0.15) is 0 Å². The Bertz CT molecular complexity index is 76.4. The van der Waals surface area contributed by atoms with Gasteiger partial charge in [-0.15, -0.1) is 0 Å². The van der Waals surface area contributed by atoms with Crippen LogP contribution in [0.25, 0.3) is 0 Å². The van der Waals surface area contributed by atoms with Crippen LogP contribution in [0.5, 0.6) is 0 Å². The summed E-state index contributed by atoms with van der Waals surface area (Å²) in [5.41, 5.74) is 0. The van der Waals surface area contributed by atoms with E-state index in [1.807, 2.05) is 22.6 Å². The predicted octanol–water partition coefficient (Wildman–Crippen LogP) is -0.738. The van der Waals surface area contributed by atoms with Gasteiger partial charge in [0.2, 0.25) is 5.91 Å². The van der Waals surface area contributed by atoms with E-state index in [0.717, 1.165) is 0 Å². The smallest absolute Gasteiger partial charge is 0.230 e. The van der Waals surface area contributed by atoms with Crippen LogP contribution in [0.15, 0.2) is 0 Å². The number of alkyl halides is 1. The van der Waals surface area contributed by atoms with Crippen molar-refractivity contribution in [3.63, 3.8) is 0 Å². The molecule has 0 atom stereocenters. The van der Waals surface area contributed by atoms with Crippen molar-refractivity contribution in [2.45, 2.75) is 0 Å². The minimum absolute atomic E-state index is 0.0119.